The Hall–Kier alpha value is -4.32. The molecule has 0 aromatic heterocycles. The Morgan fingerprint density at radius 2 is 0.824 bits per heavy atom. The minimum atomic E-state index is -0.166. The highest BCUT2D eigenvalue weighted by Crippen LogP contribution is 2.24. The number of ether oxygens (including phenoxy) is 4. The van der Waals surface area contributed by atoms with Gasteiger partial charge in [0.15, 0.2) is 11.6 Å². The lowest BCUT2D eigenvalue weighted by molar-refractivity contribution is 0.103. The lowest BCUT2D eigenvalue weighted by atomic mass is 10.1. The van der Waals surface area contributed by atoms with E-state index in [0.29, 0.717) is 34.1 Å². The molecule has 0 heterocycles. The fraction of sp³-hybridized carbons (Fsp3) is 0.143. The highest BCUT2D eigenvalue weighted by Gasteiger charge is 2.08. The number of rotatable bonds is 10. The standard InChI is InChI=1S/C28H26O6/c1-31-23-13-21(14-24(17-23)32-2)27(29)11-9-19-5-7-20(8-6-19)10-12-28(30)22-15-25(33-3)18-26(16-22)34-4/h5-18H,1-4H3/b11-9+,12-10+. The maximum absolute atomic E-state index is 12.6. The number of allylic oxidation sites excluding steroid dienone is 2. The molecule has 3 aromatic rings. The summed E-state index contributed by atoms with van der Waals surface area (Å²) in [6.45, 7) is 0. The molecule has 0 atom stereocenters. The van der Waals surface area contributed by atoms with E-state index in [-0.39, 0.29) is 11.6 Å². The average Bonchev–Trinajstić information content (AvgIpc) is 2.89. The second-order valence-electron chi connectivity index (χ2n) is 7.26. The Balaban J connectivity index is 1.68. The number of hydrogen-bond acceptors (Lipinski definition) is 6. The number of carbonyl (C=O) groups is 2. The number of ketones is 2. The molecule has 0 radical (unpaired) electrons. The largest absolute Gasteiger partial charge is 0.497 e. The fourth-order valence-corrected chi connectivity index (χ4v) is 3.15. The normalized spacial score (nSPS) is 10.9. The highest BCUT2D eigenvalue weighted by atomic mass is 16.5. The molecule has 0 aliphatic heterocycles. The number of carbonyl (C=O) groups excluding carboxylic acids is 2. The van der Waals surface area contributed by atoms with Crippen LogP contribution in [0.4, 0.5) is 0 Å². The van der Waals surface area contributed by atoms with Crippen molar-refractivity contribution in [2.24, 2.45) is 0 Å². The second kappa shape index (κ2) is 11.5. The van der Waals surface area contributed by atoms with Crippen molar-refractivity contribution in [1.82, 2.24) is 0 Å². The fourth-order valence-electron chi connectivity index (χ4n) is 3.15. The number of methoxy groups -OCH3 is 4. The monoisotopic (exact) mass is 458 g/mol. The third-order valence-electron chi connectivity index (χ3n) is 5.06. The molecule has 0 N–H and O–H groups in total. The van der Waals surface area contributed by atoms with Crippen LogP contribution in [0.15, 0.2) is 72.8 Å². The van der Waals surface area contributed by atoms with E-state index in [9.17, 15) is 9.59 Å². The van der Waals surface area contributed by atoms with Crippen LogP contribution in [0.25, 0.3) is 12.2 Å². The van der Waals surface area contributed by atoms with Crippen molar-refractivity contribution in [3.63, 3.8) is 0 Å². The molecule has 0 saturated heterocycles. The molecule has 174 valence electrons. The SMILES string of the molecule is COc1cc(OC)cc(C(=O)/C=C/c2ccc(/C=C/C(=O)c3cc(OC)cc(OC)c3)cc2)c1. The molecule has 34 heavy (non-hydrogen) atoms. The van der Waals surface area contributed by atoms with Gasteiger partial charge in [0.2, 0.25) is 0 Å². The van der Waals surface area contributed by atoms with E-state index in [1.807, 2.05) is 24.3 Å². The summed E-state index contributed by atoms with van der Waals surface area (Å²) in [5.74, 6) is 1.87. The zero-order chi connectivity index (χ0) is 24.5. The highest BCUT2D eigenvalue weighted by molar-refractivity contribution is 6.08. The van der Waals surface area contributed by atoms with Crippen molar-refractivity contribution < 1.29 is 28.5 Å². The summed E-state index contributed by atoms with van der Waals surface area (Å²) in [5.41, 5.74) is 2.65. The molecule has 6 nitrogen and oxygen atoms in total. The van der Waals surface area contributed by atoms with Crippen LogP contribution in [0.1, 0.15) is 31.8 Å². The summed E-state index contributed by atoms with van der Waals surface area (Å²) in [7, 11) is 6.15. The van der Waals surface area contributed by atoms with E-state index in [2.05, 4.69) is 0 Å². The van der Waals surface area contributed by atoms with Crippen molar-refractivity contribution in [3.05, 3.63) is 95.1 Å². The summed E-state index contributed by atoms with van der Waals surface area (Å²) < 4.78 is 20.9. The van der Waals surface area contributed by atoms with Crippen LogP contribution in [0.2, 0.25) is 0 Å². The molecule has 6 heteroatoms. The van der Waals surface area contributed by atoms with Gasteiger partial charge in [0.25, 0.3) is 0 Å². The minimum Gasteiger partial charge on any atom is -0.497 e. The summed E-state index contributed by atoms with van der Waals surface area (Å²) in [4.78, 5) is 25.1. The van der Waals surface area contributed by atoms with E-state index in [0.717, 1.165) is 11.1 Å². The summed E-state index contributed by atoms with van der Waals surface area (Å²) >= 11 is 0. The molecule has 0 spiro atoms. The Bertz CT molecular complexity index is 1080. The van der Waals surface area contributed by atoms with Crippen molar-refractivity contribution >= 4 is 23.7 Å². The molecular weight excluding hydrogens is 432 g/mol. The van der Waals surface area contributed by atoms with Crippen LogP contribution < -0.4 is 18.9 Å². The zero-order valence-corrected chi connectivity index (χ0v) is 19.5. The molecule has 0 fully saturated rings. The topological polar surface area (TPSA) is 71.1 Å². The summed E-state index contributed by atoms with van der Waals surface area (Å²) in [5, 5.41) is 0. The van der Waals surface area contributed by atoms with Crippen LogP contribution >= 0.6 is 0 Å². The molecule has 0 amide bonds. The third-order valence-corrected chi connectivity index (χ3v) is 5.06. The van der Waals surface area contributed by atoms with Crippen LogP contribution in [0.5, 0.6) is 23.0 Å². The Morgan fingerprint density at radius 1 is 0.529 bits per heavy atom. The van der Waals surface area contributed by atoms with Gasteiger partial charge >= 0.3 is 0 Å². The van der Waals surface area contributed by atoms with E-state index >= 15 is 0 Å². The van der Waals surface area contributed by atoms with Crippen LogP contribution in [0, 0.1) is 0 Å². The first kappa shape index (κ1) is 24.3. The number of benzene rings is 3. The summed E-state index contributed by atoms with van der Waals surface area (Å²) in [6.07, 6.45) is 6.46. The number of hydrogen-bond donors (Lipinski definition) is 0. The van der Waals surface area contributed by atoms with Crippen molar-refractivity contribution in [2.45, 2.75) is 0 Å². The zero-order valence-electron chi connectivity index (χ0n) is 19.5. The van der Waals surface area contributed by atoms with E-state index in [1.54, 1.807) is 48.6 Å². The first-order valence-electron chi connectivity index (χ1n) is 10.5. The summed E-state index contributed by atoms with van der Waals surface area (Å²) in [6, 6.07) is 17.6. The van der Waals surface area contributed by atoms with Crippen LogP contribution in [0.3, 0.4) is 0 Å². The molecule has 0 saturated carbocycles. The Kier molecular flexibility index (Phi) is 8.24. The van der Waals surface area contributed by atoms with Crippen LogP contribution in [-0.4, -0.2) is 40.0 Å². The lowest BCUT2D eigenvalue weighted by Crippen LogP contribution is -1.97. The molecule has 0 unspecified atom stereocenters. The van der Waals surface area contributed by atoms with Gasteiger partial charge in [0.05, 0.1) is 28.4 Å². The maximum Gasteiger partial charge on any atom is 0.186 e. The predicted octanol–water partition coefficient (Wildman–Crippen LogP) is 5.51. The van der Waals surface area contributed by atoms with Gasteiger partial charge in [-0.25, -0.2) is 0 Å². The Morgan fingerprint density at radius 3 is 1.09 bits per heavy atom. The van der Waals surface area contributed by atoms with E-state index < -0.39 is 0 Å². The third kappa shape index (κ3) is 6.36. The van der Waals surface area contributed by atoms with Crippen molar-refractivity contribution in [2.75, 3.05) is 28.4 Å². The van der Waals surface area contributed by atoms with E-state index in [1.165, 1.54) is 40.6 Å². The van der Waals surface area contributed by atoms with Gasteiger partial charge in [-0.05, 0) is 47.5 Å². The molecule has 3 rings (SSSR count). The predicted molar refractivity (Wildman–Crippen MR) is 132 cm³/mol. The smallest absolute Gasteiger partial charge is 0.186 e. The molecule has 0 aliphatic carbocycles. The average molecular weight is 459 g/mol. The van der Waals surface area contributed by atoms with Crippen molar-refractivity contribution in [3.8, 4) is 23.0 Å². The first-order chi connectivity index (χ1) is 16.4. The van der Waals surface area contributed by atoms with Gasteiger partial charge in [-0.3, -0.25) is 9.59 Å². The minimum absolute atomic E-state index is 0.166. The second-order valence-corrected chi connectivity index (χ2v) is 7.26. The van der Waals surface area contributed by atoms with Crippen molar-refractivity contribution in [1.29, 1.82) is 0 Å². The van der Waals surface area contributed by atoms with Gasteiger partial charge < -0.3 is 18.9 Å². The Labute approximate surface area is 199 Å². The van der Waals surface area contributed by atoms with Gasteiger partial charge in [-0.1, -0.05) is 36.4 Å². The van der Waals surface area contributed by atoms with Crippen LogP contribution in [-0.2, 0) is 0 Å². The molecule has 0 aliphatic rings. The molecule has 0 bridgehead atoms. The quantitative estimate of drug-likeness (QED) is 0.295. The van der Waals surface area contributed by atoms with Gasteiger partial charge in [-0.15, -0.1) is 0 Å². The molecular formula is C28H26O6. The first-order valence-corrected chi connectivity index (χ1v) is 10.5. The molecule has 3 aromatic carbocycles. The lowest BCUT2D eigenvalue weighted by Gasteiger charge is -2.06. The van der Waals surface area contributed by atoms with E-state index in [4.69, 9.17) is 18.9 Å². The van der Waals surface area contributed by atoms with Gasteiger partial charge in [-0.2, -0.15) is 0 Å². The maximum atomic E-state index is 12.6. The van der Waals surface area contributed by atoms with Gasteiger partial charge in [0.1, 0.15) is 23.0 Å². The van der Waals surface area contributed by atoms with Gasteiger partial charge in [0, 0.05) is 23.3 Å².